The van der Waals surface area contributed by atoms with E-state index >= 15 is 0 Å². The van der Waals surface area contributed by atoms with Crippen molar-refractivity contribution < 1.29 is 9.53 Å². The zero-order valence-electron chi connectivity index (χ0n) is 12.8. The molecule has 0 saturated carbocycles. The molecular formula is C17H17N3O2. The first-order valence-electron chi connectivity index (χ1n) is 7.22. The zero-order valence-corrected chi connectivity index (χ0v) is 12.8. The van der Waals surface area contributed by atoms with Crippen LogP contribution in [0.15, 0.2) is 36.4 Å². The fourth-order valence-electron chi connectivity index (χ4n) is 2.31. The first kappa shape index (κ1) is 14.3. The number of nitrogens with zero attached hydrogens (tertiary/aromatic N) is 3. The molecule has 112 valence electrons. The SMILES string of the molecule is CCc1ccc2nn(-c3cc(C)ccc3OC(C)=O)nc2c1. The summed E-state index contributed by atoms with van der Waals surface area (Å²) in [5.74, 6) is 0.0872. The number of hydrogen-bond donors (Lipinski definition) is 0. The number of aryl methyl sites for hydroxylation is 2. The molecule has 5 nitrogen and oxygen atoms in total. The molecular weight excluding hydrogens is 278 g/mol. The van der Waals surface area contributed by atoms with Crippen LogP contribution in [-0.2, 0) is 11.2 Å². The molecule has 0 bridgehead atoms. The van der Waals surface area contributed by atoms with E-state index in [1.54, 1.807) is 6.07 Å². The summed E-state index contributed by atoms with van der Waals surface area (Å²) in [5.41, 5.74) is 4.55. The first-order chi connectivity index (χ1) is 10.6. The van der Waals surface area contributed by atoms with Crippen LogP contribution >= 0.6 is 0 Å². The first-order valence-corrected chi connectivity index (χ1v) is 7.22. The van der Waals surface area contributed by atoms with Crippen molar-refractivity contribution in [2.24, 2.45) is 0 Å². The quantitative estimate of drug-likeness (QED) is 0.550. The highest BCUT2D eigenvalue weighted by Gasteiger charge is 2.12. The molecule has 0 unspecified atom stereocenters. The van der Waals surface area contributed by atoms with E-state index in [-0.39, 0.29) is 5.97 Å². The fraction of sp³-hybridized carbons (Fsp3) is 0.235. The second-order valence-corrected chi connectivity index (χ2v) is 5.23. The van der Waals surface area contributed by atoms with Crippen LogP contribution < -0.4 is 4.74 Å². The lowest BCUT2D eigenvalue weighted by atomic mass is 10.1. The van der Waals surface area contributed by atoms with Gasteiger partial charge in [-0.2, -0.15) is 0 Å². The standard InChI is InChI=1S/C17H17N3O2/c1-4-13-6-7-14-15(10-13)19-20(18-14)16-9-11(2)5-8-17(16)22-12(3)21/h5-10H,4H2,1-3H3. The van der Waals surface area contributed by atoms with E-state index in [0.717, 1.165) is 23.0 Å². The highest BCUT2D eigenvalue weighted by molar-refractivity contribution is 5.75. The van der Waals surface area contributed by atoms with Gasteiger partial charge >= 0.3 is 5.97 Å². The van der Waals surface area contributed by atoms with Gasteiger partial charge in [-0.25, -0.2) is 0 Å². The number of hydrogen-bond acceptors (Lipinski definition) is 4. The van der Waals surface area contributed by atoms with Gasteiger partial charge in [-0.1, -0.05) is 19.1 Å². The van der Waals surface area contributed by atoms with Gasteiger partial charge in [0.25, 0.3) is 0 Å². The summed E-state index contributed by atoms with van der Waals surface area (Å²) >= 11 is 0. The van der Waals surface area contributed by atoms with Gasteiger partial charge in [0.05, 0.1) is 0 Å². The molecule has 0 saturated heterocycles. The minimum atomic E-state index is -0.366. The van der Waals surface area contributed by atoms with Crippen molar-refractivity contribution in [2.75, 3.05) is 0 Å². The Morgan fingerprint density at radius 1 is 1.14 bits per heavy atom. The van der Waals surface area contributed by atoms with Gasteiger partial charge < -0.3 is 4.74 Å². The molecule has 0 atom stereocenters. The van der Waals surface area contributed by atoms with Crippen molar-refractivity contribution >= 4 is 17.0 Å². The van der Waals surface area contributed by atoms with Crippen LogP contribution in [-0.4, -0.2) is 21.0 Å². The van der Waals surface area contributed by atoms with E-state index in [9.17, 15) is 4.79 Å². The number of rotatable bonds is 3. The predicted molar refractivity (Wildman–Crippen MR) is 84.3 cm³/mol. The molecule has 0 spiro atoms. The van der Waals surface area contributed by atoms with Crippen molar-refractivity contribution in [3.63, 3.8) is 0 Å². The van der Waals surface area contributed by atoms with Crippen LogP contribution in [0.3, 0.4) is 0 Å². The number of fused-ring (bicyclic) bond motifs is 1. The maximum absolute atomic E-state index is 11.3. The molecule has 0 fully saturated rings. The third-order valence-corrected chi connectivity index (χ3v) is 3.44. The summed E-state index contributed by atoms with van der Waals surface area (Å²) in [4.78, 5) is 12.8. The molecule has 0 aliphatic heterocycles. The zero-order chi connectivity index (χ0) is 15.7. The van der Waals surface area contributed by atoms with Crippen LogP contribution in [0.5, 0.6) is 5.75 Å². The van der Waals surface area contributed by atoms with E-state index in [1.165, 1.54) is 17.3 Å². The summed E-state index contributed by atoms with van der Waals surface area (Å²) < 4.78 is 5.26. The summed E-state index contributed by atoms with van der Waals surface area (Å²) in [5, 5.41) is 9.00. The number of benzene rings is 2. The minimum absolute atomic E-state index is 0.366. The largest absolute Gasteiger partial charge is 0.424 e. The normalized spacial score (nSPS) is 10.9. The van der Waals surface area contributed by atoms with Crippen LogP contribution in [0.1, 0.15) is 25.0 Å². The Kier molecular flexibility index (Phi) is 3.63. The molecule has 0 aliphatic carbocycles. The number of carbonyl (C=O) groups excluding carboxylic acids is 1. The average Bonchev–Trinajstić information content (AvgIpc) is 2.91. The third-order valence-electron chi connectivity index (χ3n) is 3.44. The Morgan fingerprint density at radius 2 is 1.91 bits per heavy atom. The number of aromatic nitrogens is 3. The second kappa shape index (κ2) is 5.60. The molecule has 2 aromatic carbocycles. The van der Waals surface area contributed by atoms with Crippen molar-refractivity contribution in [2.45, 2.75) is 27.2 Å². The molecule has 0 radical (unpaired) electrons. The topological polar surface area (TPSA) is 57.0 Å². The van der Waals surface area contributed by atoms with Gasteiger partial charge in [0.1, 0.15) is 16.7 Å². The molecule has 0 amide bonds. The lowest BCUT2D eigenvalue weighted by molar-refractivity contribution is -0.131. The highest BCUT2D eigenvalue weighted by atomic mass is 16.5. The van der Waals surface area contributed by atoms with Crippen LogP contribution in [0.25, 0.3) is 16.7 Å². The molecule has 1 aromatic heterocycles. The highest BCUT2D eigenvalue weighted by Crippen LogP contribution is 2.24. The molecule has 0 N–H and O–H groups in total. The van der Waals surface area contributed by atoms with Gasteiger partial charge in [-0.3, -0.25) is 4.79 Å². The van der Waals surface area contributed by atoms with Gasteiger partial charge in [0.15, 0.2) is 5.75 Å². The van der Waals surface area contributed by atoms with E-state index in [1.807, 2.05) is 37.3 Å². The Morgan fingerprint density at radius 3 is 2.64 bits per heavy atom. The molecule has 3 aromatic rings. The second-order valence-electron chi connectivity index (χ2n) is 5.23. The molecule has 5 heteroatoms. The Bertz CT molecular complexity index is 852. The third kappa shape index (κ3) is 2.70. The lowest BCUT2D eigenvalue weighted by Crippen LogP contribution is -2.07. The maximum Gasteiger partial charge on any atom is 0.308 e. The lowest BCUT2D eigenvalue weighted by Gasteiger charge is -2.08. The summed E-state index contributed by atoms with van der Waals surface area (Å²) in [7, 11) is 0. The van der Waals surface area contributed by atoms with Gasteiger partial charge in [0, 0.05) is 6.92 Å². The van der Waals surface area contributed by atoms with Crippen molar-refractivity contribution in [1.29, 1.82) is 0 Å². The monoisotopic (exact) mass is 295 g/mol. The summed E-state index contributed by atoms with van der Waals surface area (Å²) in [6, 6.07) is 11.6. The molecule has 3 rings (SSSR count). The van der Waals surface area contributed by atoms with E-state index < -0.39 is 0 Å². The Balaban J connectivity index is 2.13. The number of ether oxygens (including phenoxy) is 1. The van der Waals surface area contributed by atoms with Crippen LogP contribution in [0.4, 0.5) is 0 Å². The average molecular weight is 295 g/mol. The van der Waals surface area contributed by atoms with E-state index in [0.29, 0.717) is 11.4 Å². The minimum Gasteiger partial charge on any atom is -0.424 e. The van der Waals surface area contributed by atoms with Crippen molar-refractivity contribution in [3.8, 4) is 11.4 Å². The van der Waals surface area contributed by atoms with Crippen LogP contribution in [0, 0.1) is 6.92 Å². The Labute approximate surface area is 128 Å². The van der Waals surface area contributed by atoms with Crippen molar-refractivity contribution in [3.05, 3.63) is 47.5 Å². The van der Waals surface area contributed by atoms with Gasteiger partial charge in [0.2, 0.25) is 0 Å². The van der Waals surface area contributed by atoms with Crippen LogP contribution in [0.2, 0.25) is 0 Å². The predicted octanol–water partition coefficient (Wildman–Crippen LogP) is 3.22. The number of carbonyl (C=O) groups is 1. The van der Waals surface area contributed by atoms with Gasteiger partial charge in [-0.15, -0.1) is 15.0 Å². The maximum atomic E-state index is 11.3. The Hall–Kier alpha value is -2.69. The van der Waals surface area contributed by atoms with Gasteiger partial charge in [-0.05, 0) is 48.7 Å². The van der Waals surface area contributed by atoms with E-state index in [2.05, 4.69) is 17.1 Å². The number of esters is 1. The summed E-state index contributed by atoms with van der Waals surface area (Å²) in [6.45, 7) is 5.45. The smallest absolute Gasteiger partial charge is 0.308 e. The fourth-order valence-corrected chi connectivity index (χ4v) is 2.31. The van der Waals surface area contributed by atoms with Crippen molar-refractivity contribution in [1.82, 2.24) is 15.0 Å². The molecule has 0 aliphatic rings. The van der Waals surface area contributed by atoms with E-state index in [4.69, 9.17) is 4.74 Å². The molecule has 1 heterocycles. The molecule has 22 heavy (non-hydrogen) atoms. The summed E-state index contributed by atoms with van der Waals surface area (Å²) in [6.07, 6.45) is 0.950.